The lowest BCUT2D eigenvalue weighted by Gasteiger charge is -2.17. The van der Waals surface area contributed by atoms with Crippen molar-refractivity contribution in [2.75, 3.05) is 7.11 Å². The highest BCUT2D eigenvalue weighted by Crippen LogP contribution is 2.31. The number of aryl methyl sites for hydroxylation is 1. The van der Waals surface area contributed by atoms with E-state index in [2.05, 4.69) is 15.5 Å². The number of nitrogens with zero attached hydrogens (tertiary/aromatic N) is 4. The zero-order valence-electron chi connectivity index (χ0n) is 21.5. The minimum absolute atomic E-state index is 0.0130. The summed E-state index contributed by atoms with van der Waals surface area (Å²) >= 11 is 7.86. The number of carbonyl (C=O) groups is 1. The number of ether oxygens (including phenoxy) is 1. The number of thioether (sulfide) groups is 1. The van der Waals surface area contributed by atoms with Crippen LogP contribution in [0.3, 0.4) is 0 Å². The van der Waals surface area contributed by atoms with Crippen molar-refractivity contribution < 1.29 is 14.5 Å². The molecule has 0 aliphatic rings. The van der Waals surface area contributed by atoms with Gasteiger partial charge in [-0.1, -0.05) is 41.6 Å². The number of hydrogen-bond acceptors (Lipinski definition) is 7. The predicted octanol–water partition coefficient (Wildman–Crippen LogP) is 6.33. The zero-order valence-corrected chi connectivity index (χ0v) is 23.1. The first-order valence-electron chi connectivity index (χ1n) is 12.0. The number of nitro groups is 1. The molecule has 1 aromatic heterocycles. The van der Waals surface area contributed by atoms with Crippen LogP contribution in [0.25, 0.3) is 11.8 Å². The smallest absolute Gasteiger partial charge is 0.269 e. The van der Waals surface area contributed by atoms with E-state index in [9.17, 15) is 14.9 Å². The maximum Gasteiger partial charge on any atom is 0.269 e. The second-order valence-electron chi connectivity index (χ2n) is 8.66. The van der Waals surface area contributed by atoms with Crippen molar-refractivity contribution in [3.63, 3.8) is 0 Å². The van der Waals surface area contributed by atoms with Crippen molar-refractivity contribution >= 4 is 41.0 Å². The number of rotatable bonds is 10. The number of aromatic nitrogens is 3. The molecule has 0 fully saturated rings. The molecule has 200 valence electrons. The third-order valence-corrected chi connectivity index (χ3v) is 7.08. The zero-order chi connectivity index (χ0) is 27.9. The van der Waals surface area contributed by atoms with Gasteiger partial charge in [0.1, 0.15) is 5.75 Å². The SMILES string of the molecule is COc1cccc(CSc2nnc(C(C)NC(=O)C=Cc3ccc([N+](=O)[O-])cc3)n2-c2cc(Cl)ccc2C)c1. The molecule has 0 radical (unpaired) electrons. The summed E-state index contributed by atoms with van der Waals surface area (Å²) in [7, 11) is 1.63. The summed E-state index contributed by atoms with van der Waals surface area (Å²) in [4.78, 5) is 23.1. The summed E-state index contributed by atoms with van der Waals surface area (Å²) in [5.41, 5.74) is 3.51. The van der Waals surface area contributed by atoms with Crippen LogP contribution in [0, 0.1) is 17.0 Å². The highest BCUT2D eigenvalue weighted by atomic mass is 35.5. The van der Waals surface area contributed by atoms with E-state index in [1.54, 1.807) is 25.3 Å². The summed E-state index contributed by atoms with van der Waals surface area (Å²) < 4.78 is 7.25. The van der Waals surface area contributed by atoms with Gasteiger partial charge in [0.05, 0.1) is 23.8 Å². The number of carbonyl (C=O) groups excluding carboxylic acids is 1. The monoisotopic (exact) mass is 563 g/mol. The summed E-state index contributed by atoms with van der Waals surface area (Å²) in [5, 5.41) is 23.9. The van der Waals surface area contributed by atoms with E-state index in [1.165, 1.54) is 30.0 Å². The second-order valence-corrected chi connectivity index (χ2v) is 10.0. The van der Waals surface area contributed by atoms with Crippen LogP contribution < -0.4 is 10.1 Å². The molecule has 0 saturated carbocycles. The van der Waals surface area contributed by atoms with Gasteiger partial charge in [-0.3, -0.25) is 19.5 Å². The lowest BCUT2D eigenvalue weighted by Crippen LogP contribution is -2.27. The third-order valence-electron chi connectivity index (χ3n) is 5.85. The number of non-ortho nitro benzene ring substituents is 1. The third kappa shape index (κ3) is 7.04. The molecule has 0 bridgehead atoms. The first kappa shape index (κ1) is 27.9. The standard InChI is InChI=1S/C28H26ClN5O4S/c1-18-7-11-22(29)16-25(18)33-27(31-32-28(33)39-17-21-5-4-6-24(15-21)38-3)19(2)30-26(35)14-10-20-8-12-23(13-9-20)34(36)37/h4-16,19H,17H2,1-3H3,(H,30,35). The van der Waals surface area contributed by atoms with Gasteiger partial charge in [0.25, 0.3) is 5.69 Å². The van der Waals surface area contributed by atoms with Crippen molar-refractivity contribution in [2.24, 2.45) is 0 Å². The molecule has 3 aromatic carbocycles. The number of benzene rings is 3. The Morgan fingerprint density at radius 1 is 1.18 bits per heavy atom. The lowest BCUT2D eigenvalue weighted by molar-refractivity contribution is -0.384. The molecular formula is C28H26ClN5O4S. The predicted molar refractivity (Wildman–Crippen MR) is 152 cm³/mol. The fourth-order valence-corrected chi connectivity index (χ4v) is 4.88. The van der Waals surface area contributed by atoms with Crippen molar-refractivity contribution in [2.45, 2.75) is 30.8 Å². The van der Waals surface area contributed by atoms with E-state index in [0.717, 1.165) is 22.6 Å². The van der Waals surface area contributed by atoms with Crippen LogP contribution in [-0.4, -0.2) is 32.7 Å². The first-order valence-corrected chi connectivity index (χ1v) is 13.3. The van der Waals surface area contributed by atoms with Crippen LogP contribution in [-0.2, 0) is 10.5 Å². The first-order chi connectivity index (χ1) is 18.7. The lowest BCUT2D eigenvalue weighted by atomic mass is 10.2. The summed E-state index contributed by atoms with van der Waals surface area (Å²) in [5.74, 6) is 1.61. The molecule has 9 nitrogen and oxygen atoms in total. The number of nitro benzene ring substituents is 1. The van der Waals surface area contributed by atoms with E-state index >= 15 is 0 Å². The largest absolute Gasteiger partial charge is 0.497 e. The van der Waals surface area contributed by atoms with Crippen LogP contribution in [0.15, 0.2) is 78.0 Å². The number of hydrogen-bond donors (Lipinski definition) is 1. The van der Waals surface area contributed by atoms with Gasteiger partial charge in [0.15, 0.2) is 11.0 Å². The van der Waals surface area contributed by atoms with Gasteiger partial charge in [-0.15, -0.1) is 10.2 Å². The fourth-order valence-electron chi connectivity index (χ4n) is 3.82. The van der Waals surface area contributed by atoms with E-state index in [1.807, 2.05) is 60.9 Å². The van der Waals surface area contributed by atoms with Gasteiger partial charge in [-0.2, -0.15) is 0 Å². The molecule has 1 heterocycles. The molecule has 1 amide bonds. The van der Waals surface area contributed by atoms with Crippen LogP contribution in [0.4, 0.5) is 5.69 Å². The average molecular weight is 564 g/mol. The summed E-state index contributed by atoms with van der Waals surface area (Å²) in [6, 6.07) is 18.9. The molecule has 0 aliphatic carbocycles. The Balaban J connectivity index is 1.57. The van der Waals surface area contributed by atoms with Gasteiger partial charge in [-0.05, 0) is 73.0 Å². The van der Waals surface area contributed by atoms with E-state index in [0.29, 0.717) is 27.3 Å². The van der Waals surface area contributed by atoms with E-state index in [4.69, 9.17) is 16.3 Å². The van der Waals surface area contributed by atoms with Crippen LogP contribution >= 0.6 is 23.4 Å². The van der Waals surface area contributed by atoms with Crippen molar-refractivity contribution in [1.29, 1.82) is 0 Å². The molecule has 0 saturated heterocycles. The molecule has 1 N–H and O–H groups in total. The Kier molecular flexibility index (Phi) is 9.00. The maximum atomic E-state index is 12.7. The molecule has 4 rings (SSSR count). The Hall–Kier alpha value is -4.15. The van der Waals surface area contributed by atoms with E-state index in [-0.39, 0.29) is 11.6 Å². The summed E-state index contributed by atoms with van der Waals surface area (Å²) in [6.45, 7) is 3.80. The molecule has 11 heteroatoms. The number of halogens is 1. The van der Waals surface area contributed by atoms with Gasteiger partial charge in [0.2, 0.25) is 5.91 Å². The van der Waals surface area contributed by atoms with Gasteiger partial charge in [-0.25, -0.2) is 0 Å². The van der Waals surface area contributed by atoms with Crippen LogP contribution in [0.2, 0.25) is 5.02 Å². The molecule has 1 unspecified atom stereocenters. The highest BCUT2D eigenvalue weighted by molar-refractivity contribution is 7.98. The van der Waals surface area contributed by atoms with Crippen molar-refractivity contribution in [3.8, 4) is 11.4 Å². The number of nitrogens with one attached hydrogen (secondary N) is 1. The van der Waals surface area contributed by atoms with Crippen molar-refractivity contribution in [1.82, 2.24) is 20.1 Å². The average Bonchev–Trinajstić information content (AvgIpc) is 3.36. The van der Waals surface area contributed by atoms with Crippen LogP contribution in [0.1, 0.15) is 35.5 Å². The quantitative estimate of drug-likeness (QED) is 0.104. The number of amides is 1. The molecular weight excluding hydrogens is 538 g/mol. The Labute approximate surface area is 235 Å². The minimum Gasteiger partial charge on any atom is -0.497 e. The Morgan fingerprint density at radius 2 is 1.95 bits per heavy atom. The summed E-state index contributed by atoms with van der Waals surface area (Å²) in [6.07, 6.45) is 2.97. The second kappa shape index (κ2) is 12.6. The maximum absolute atomic E-state index is 12.7. The molecule has 0 spiro atoms. The minimum atomic E-state index is -0.490. The van der Waals surface area contributed by atoms with Crippen molar-refractivity contribution in [3.05, 3.63) is 110 Å². The molecule has 39 heavy (non-hydrogen) atoms. The van der Waals surface area contributed by atoms with Crippen LogP contribution in [0.5, 0.6) is 5.75 Å². The Bertz CT molecular complexity index is 1520. The van der Waals surface area contributed by atoms with Gasteiger partial charge < -0.3 is 10.1 Å². The normalized spacial score (nSPS) is 11.9. The van der Waals surface area contributed by atoms with Gasteiger partial charge >= 0.3 is 0 Å². The molecule has 1 atom stereocenters. The Morgan fingerprint density at radius 3 is 2.67 bits per heavy atom. The molecule has 0 aliphatic heterocycles. The fraction of sp³-hybridized carbons (Fsp3) is 0.179. The number of methoxy groups -OCH3 is 1. The van der Waals surface area contributed by atoms with Gasteiger partial charge in [0, 0.05) is 29.0 Å². The highest BCUT2D eigenvalue weighted by Gasteiger charge is 2.22. The van der Waals surface area contributed by atoms with E-state index < -0.39 is 11.0 Å². The molecule has 4 aromatic rings. The topological polar surface area (TPSA) is 112 Å².